The van der Waals surface area contributed by atoms with Crippen LogP contribution in [0, 0.1) is 0 Å². The fourth-order valence-corrected chi connectivity index (χ4v) is 3.61. The number of aliphatic carboxylic acids is 1. The maximum Gasteiger partial charge on any atom is 0.115 e. The summed E-state index contributed by atoms with van der Waals surface area (Å²) in [6, 6.07) is 5.22. The Kier molecular flexibility index (Phi) is 16.2. The number of hydrogen-bond donors (Lipinski definition) is 2. The molecule has 0 saturated heterocycles. The van der Waals surface area contributed by atoms with E-state index in [2.05, 4.69) is 27.7 Å². The van der Waals surface area contributed by atoms with Crippen LogP contribution in [0.2, 0.25) is 0 Å². The van der Waals surface area contributed by atoms with Crippen LogP contribution in [0.5, 0.6) is 5.75 Å². The summed E-state index contributed by atoms with van der Waals surface area (Å²) in [7, 11) is 0. The molecule has 0 fully saturated rings. The van der Waals surface area contributed by atoms with Crippen molar-refractivity contribution in [3.8, 4) is 5.75 Å². The van der Waals surface area contributed by atoms with E-state index in [0.29, 0.717) is 0 Å². The van der Waals surface area contributed by atoms with Crippen molar-refractivity contribution in [2.75, 3.05) is 26.2 Å². The molecular weight excluding hydrogens is 376 g/mol. The third kappa shape index (κ3) is 12.9. The van der Waals surface area contributed by atoms with Gasteiger partial charge in [-0.25, -0.2) is 0 Å². The van der Waals surface area contributed by atoms with Gasteiger partial charge in [0.2, 0.25) is 0 Å². The molecule has 30 heavy (non-hydrogen) atoms. The summed E-state index contributed by atoms with van der Waals surface area (Å²) in [6.45, 7) is 15.0. The van der Waals surface area contributed by atoms with E-state index in [4.69, 9.17) is 10.8 Å². The van der Waals surface area contributed by atoms with Gasteiger partial charge >= 0.3 is 0 Å². The van der Waals surface area contributed by atoms with Crippen molar-refractivity contribution in [2.24, 2.45) is 5.73 Å². The van der Waals surface area contributed by atoms with Gasteiger partial charge in [-0.2, -0.15) is 0 Å². The van der Waals surface area contributed by atoms with Crippen molar-refractivity contribution in [1.82, 2.24) is 0 Å². The normalized spacial score (nSPS) is 12.2. The van der Waals surface area contributed by atoms with Crippen LogP contribution in [0.15, 0.2) is 24.3 Å². The number of carboxylic acids is 1. The highest BCUT2D eigenvalue weighted by molar-refractivity contribution is 5.71. The molecule has 0 radical (unpaired) electrons. The van der Waals surface area contributed by atoms with Crippen LogP contribution in [0.3, 0.4) is 0 Å². The molecule has 5 heteroatoms. The number of phenols is 1. The van der Waals surface area contributed by atoms with Gasteiger partial charge in [0.25, 0.3) is 0 Å². The number of aromatic hydroxyl groups is 1. The lowest BCUT2D eigenvalue weighted by atomic mass is 10.1. The van der Waals surface area contributed by atoms with E-state index in [-0.39, 0.29) is 12.2 Å². The van der Waals surface area contributed by atoms with Crippen LogP contribution >= 0.6 is 0 Å². The zero-order valence-corrected chi connectivity index (χ0v) is 19.9. The van der Waals surface area contributed by atoms with E-state index in [0.717, 1.165) is 5.56 Å². The number of carbonyl (C=O) groups is 1. The van der Waals surface area contributed by atoms with Crippen molar-refractivity contribution in [3.05, 3.63) is 29.8 Å². The second-order valence-electron chi connectivity index (χ2n) is 8.45. The summed E-state index contributed by atoms with van der Waals surface area (Å²) in [5.41, 5.74) is 6.02. The van der Waals surface area contributed by atoms with Crippen molar-refractivity contribution >= 4 is 5.97 Å². The van der Waals surface area contributed by atoms with Gasteiger partial charge in [-0.15, -0.1) is 0 Å². The van der Waals surface area contributed by atoms with Gasteiger partial charge in [0.05, 0.1) is 32.1 Å². The average molecular weight is 423 g/mol. The minimum absolute atomic E-state index is 0.144. The Labute approximate surface area is 184 Å². The lowest BCUT2D eigenvalue weighted by Gasteiger charge is -2.39. The molecule has 1 aromatic rings. The number of benzene rings is 1. The fraction of sp³-hybridized carbons (Fsp3) is 0.720. The van der Waals surface area contributed by atoms with Crippen molar-refractivity contribution < 1.29 is 19.5 Å². The minimum atomic E-state index is -1.27. The highest BCUT2D eigenvalue weighted by atomic mass is 16.4. The summed E-state index contributed by atoms with van der Waals surface area (Å²) in [5, 5.41) is 19.2. The number of unbranched alkanes of at least 4 members (excludes halogenated alkanes) is 4. The first-order valence-corrected chi connectivity index (χ1v) is 11.9. The van der Waals surface area contributed by atoms with Gasteiger partial charge < -0.3 is 25.2 Å². The number of carboxylic acid groups (broad SMARTS) is 1. The molecule has 0 aliphatic carbocycles. The zero-order valence-electron chi connectivity index (χ0n) is 19.9. The van der Waals surface area contributed by atoms with E-state index in [9.17, 15) is 9.90 Å². The second-order valence-corrected chi connectivity index (χ2v) is 8.45. The van der Waals surface area contributed by atoms with Gasteiger partial charge in [0, 0.05) is 6.04 Å². The van der Waals surface area contributed by atoms with Crippen LogP contribution in [0.1, 0.15) is 84.6 Å². The molecule has 0 amide bonds. The molecular formula is C25H46N2O3. The Balaban J connectivity index is 0.000000579. The maximum atomic E-state index is 10.3. The first kappa shape index (κ1) is 28.4. The summed E-state index contributed by atoms with van der Waals surface area (Å²) < 4.78 is 1.42. The minimum Gasteiger partial charge on any atom is -0.548 e. The van der Waals surface area contributed by atoms with Gasteiger partial charge in [-0.1, -0.05) is 65.5 Å². The van der Waals surface area contributed by atoms with E-state index >= 15 is 0 Å². The molecule has 0 aliphatic heterocycles. The molecule has 1 atom stereocenters. The van der Waals surface area contributed by atoms with E-state index in [1.807, 2.05) is 0 Å². The van der Waals surface area contributed by atoms with Crippen LogP contribution in [-0.2, 0) is 11.2 Å². The number of phenolic OH excluding ortho intramolecular Hbond substituents is 1. The topological polar surface area (TPSA) is 86.4 Å². The van der Waals surface area contributed by atoms with Crippen molar-refractivity contribution in [2.45, 2.75) is 91.5 Å². The van der Waals surface area contributed by atoms with E-state index < -0.39 is 12.0 Å². The molecule has 0 bridgehead atoms. The number of quaternary nitrogens is 1. The Morgan fingerprint density at radius 2 is 1.23 bits per heavy atom. The summed E-state index contributed by atoms with van der Waals surface area (Å²) in [6.07, 6.45) is 11.3. The Bertz CT molecular complexity index is 508. The molecule has 3 N–H and O–H groups in total. The number of nitrogens with zero attached hydrogens (tertiary/aromatic N) is 1. The lowest BCUT2D eigenvalue weighted by molar-refractivity contribution is -0.929. The van der Waals surface area contributed by atoms with Crippen LogP contribution in [-0.4, -0.2) is 47.8 Å². The molecule has 1 aromatic carbocycles. The van der Waals surface area contributed by atoms with Crippen molar-refractivity contribution in [3.63, 3.8) is 0 Å². The molecule has 0 spiro atoms. The second kappa shape index (κ2) is 17.1. The monoisotopic (exact) mass is 422 g/mol. The quantitative estimate of drug-likeness (QED) is 0.418. The molecule has 0 heterocycles. The summed E-state index contributed by atoms with van der Waals surface area (Å²) >= 11 is 0. The number of carbonyl (C=O) groups excluding carboxylic acids is 1. The Hall–Kier alpha value is -1.59. The maximum absolute atomic E-state index is 10.3. The van der Waals surface area contributed by atoms with E-state index in [1.165, 1.54) is 94.2 Å². The van der Waals surface area contributed by atoms with Gasteiger partial charge in [0.1, 0.15) is 5.75 Å². The Morgan fingerprint density at radius 1 is 0.867 bits per heavy atom. The molecule has 0 saturated carbocycles. The standard InChI is InChI=1S/C16H36N.C9H11NO3/c1-5-9-13-17(14-10-6-2,15-11-7-3)16-12-8-4;10-8(9(12)13)5-6-1-3-7(11)4-2-6/h5-16H2,1-4H3;1-4,8,11H,5,10H2,(H,12,13)/q+1;/p-1/t;8-/m.0/s1. The van der Waals surface area contributed by atoms with Crippen molar-refractivity contribution in [1.29, 1.82) is 0 Å². The fourth-order valence-electron chi connectivity index (χ4n) is 3.61. The van der Waals surface area contributed by atoms with Gasteiger partial charge in [-0.3, -0.25) is 0 Å². The first-order valence-electron chi connectivity index (χ1n) is 11.9. The molecule has 5 nitrogen and oxygen atoms in total. The largest absolute Gasteiger partial charge is 0.548 e. The molecule has 1 rings (SSSR count). The van der Waals surface area contributed by atoms with E-state index in [1.54, 1.807) is 12.1 Å². The predicted octanol–water partition coefficient (Wildman–Crippen LogP) is 4.02. The highest BCUT2D eigenvalue weighted by Gasteiger charge is 2.24. The summed E-state index contributed by atoms with van der Waals surface area (Å²) in [5.74, 6) is -1.13. The molecule has 0 unspecified atom stereocenters. The smallest absolute Gasteiger partial charge is 0.115 e. The summed E-state index contributed by atoms with van der Waals surface area (Å²) in [4.78, 5) is 10.3. The van der Waals surface area contributed by atoms with Crippen LogP contribution in [0.25, 0.3) is 0 Å². The lowest BCUT2D eigenvalue weighted by Crippen LogP contribution is -2.50. The average Bonchev–Trinajstić information content (AvgIpc) is 2.74. The highest BCUT2D eigenvalue weighted by Crippen LogP contribution is 2.16. The van der Waals surface area contributed by atoms with Gasteiger partial charge in [0.15, 0.2) is 0 Å². The number of hydrogen-bond acceptors (Lipinski definition) is 4. The van der Waals surface area contributed by atoms with Crippen LogP contribution < -0.4 is 10.8 Å². The number of nitrogens with two attached hydrogens (primary N) is 1. The molecule has 0 aromatic heterocycles. The zero-order chi connectivity index (χ0) is 22.8. The first-order chi connectivity index (χ1) is 14.3. The number of rotatable bonds is 15. The SMILES string of the molecule is CCCC[N+](CCCC)(CCCC)CCCC.N[C@@H](Cc1ccc(O)cc1)C(=O)[O-]. The predicted molar refractivity (Wildman–Crippen MR) is 124 cm³/mol. The third-order valence-corrected chi connectivity index (χ3v) is 5.64. The van der Waals surface area contributed by atoms with Crippen LogP contribution in [0.4, 0.5) is 0 Å². The third-order valence-electron chi connectivity index (χ3n) is 5.64. The molecule has 0 aliphatic rings. The Morgan fingerprint density at radius 3 is 1.53 bits per heavy atom. The van der Waals surface area contributed by atoms with Gasteiger partial charge in [-0.05, 0) is 49.8 Å². The molecule has 174 valence electrons.